The predicted octanol–water partition coefficient (Wildman–Crippen LogP) is 4.77. The Labute approximate surface area is 222 Å². The lowest BCUT2D eigenvalue weighted by molar-refractivity contribution is -0.145. The highest BCUT2D eigenvalue weighted by atomic mass is 79.9. The number of rotatable bonds is 9. The number of fused-ring (bicyclic) bond motifs is 2. The number of benzene rings is 2. The maximum Gasteiger partial charge on any atom is 0.328 e. The monoisotopic (exact) mass is 572 g/mol. The molecule has 2 N–H and O–H groups in total. The number of carbonyl (C=O) groups is 3. The highest BCUT2D eigenvalue weighted by Crippen LogP contribution is 2.41. The molecule has 3 unspecified atom stereocenters. The van der Waals surface area contributed by atoms with Crippen molar-refractivity contribution in [3.63, 3.8) is 0 Å². The summed E-state index contributed by atoms with van der Waals surface area (Å²) in [6.45, 7) is 1.50. The summed E-state index contributed by atoms with van der Waals surface area (Å²) >= 11 is 4.66. The van der Waals surface area contributed by atoms with Gasteiger partial charge in [-0.05, 0) is 65.8 Å². The third kappa shape index (κ3) is 5.78. The van der Waals surface area contributed by atoms with Gasteiger partial charge in [0.05, 0.1) is 20.1 Å². The Bertz CT molecular complexity index is 1290. The van der Waals surface area contributed by atoms with E-state index in [9.17, 15) is 14.4 Å². The number of hydrogen-bond donors (Lipinski definition) is 2. The zero-order chi connectivity index (χ0) is 25.8. The van der Waals surface area contributed by atoms with Crippen molar-refractivity contribution in [2.24, 2.45) is 5.92 Å². The molecule has 1 amide bonds. The molecule has 1 heterocycles. The van der Waals surface area contributed by atoms with Crippen molar-refractivity contribution in [3.05, 3.63) is 63.8 Å². The van der Waals surface area contributed by atoms with Gasteiger partial charge < -0.3 is 19.8 Å². The molecule has 0 spiro atoms. The number of methoxy groups -OCH3 is 2. The van der Waals surface area contributed by atoms with Crippen molar-refractivity contribution in [1.82, 2.24) is 10.3 Å². The number of ether oxygens (including phenoxy) is 2. The summed E-state index contributed by atoms with van der Waals surface area (Å²) < 4.78 is 11.4. The first-order chi connectivity index (χ1) is 17.3. The van der Waals surface area contributed by atoms with Crippen LogP contribution >= 0.6 is 27.7 Å². The van der Waals surface area contributed by atoms with Gasteiger partial charge in [0.2, 0.25) is 5.91 Å². The molecule has 190 valence electrons. The van der Waals surface area contributed by atoms with Gasteiger partial charge in [0.25, 0.3) is 0 Å². The molecule has 0 saturated heterocycles. The van der Waals surface area contributed by atoms with E-state index in [2.05, 4.69) is 32.3 Å². The van der Waals surface area contributed by atoms with Crippen LogP contribution in [0.1, 0.15) is 36.0 Å². The average molecular weight is 574 g/mol. The minimum atomic E-state index is -0.872. The Morgan fingerprint density at radius 3 is 2.72 bits per heavy atom. The van der Waals surface area contributed by atoms with Gasteiger partial charge in [0, 0.05) is 40.7 Å². The molecule has 0 saturated carbocycles. The molecular formula is C27H29BrN2O5S. The Morgan fingerprint density at radius 2 is 2.00 bits per heavy atom. The van der Waals surface area contributed by atoms with Crippen LogP contribution in [-0.4, -0.2) is 48.0 Å². The molecule has 1 aliphatic rings. The minimum absolute atomic E-state index is 0.0319. The molecule has 2 aromatic carbocycles. The fourth-order valence-corrected chi connectivity index (χ4v) is 6.11. The quantitative estimate of drug-likeness (QED) is 0.358. The number of H-pyrrole nitrogens is 1. The molecule has 4 rings (SSSR count). The lowest BCUT2D eigenvalue weighted by Crippen LogP contribution is -2.47. The molecule has 0 radical (unpaired) electrons. The van der Waals surface area contributed by atoms with Gasteiger partial charge in [-0.2, -0.15) is 0 Å². The van der Waals surface area contributed by atoms with E-state index in [1.54, 1.807) is 7.11 Å². The molecule has 7 nitrogen and oxygen atoms in total. The normalized spacial score (nSPS) is 16.3. The fraction of sp³-hybridized carbons (Fsp3) is 0.370. The first-order valence-electron chi connectivity index (χ1n) is 11.7. The van der Waals surface area contributed by atoms with Crippen LogP contribution < -0.4 is 10.1 Å². The Hall–Kier alpha value is -2.78. The summed E-state index contributed by atoms with van der Waals surface area (Å²) in [7, 11) is 2.91. The van der Waals surface area contributed by atoms with Gasteiger partial charge in [-0.3, -0.25) is 9.59 Å². The number of thioether (sulfide) groups is 1. The number of esters is 1. The summed E-state index contributed by atoms with van der Waals surface area (Å²) in [5.74, 6) is -0.215. The van der Waals surface area contributed by atoms with E-state index in [1.165, 1.54) is 19.6 Å². The third-order valence-electron chi connectivity index (χ3n) is 6.72. The van der Waals surface area contributed by atoms with Crippen LogP contribution in [0.4, 0.5) is 0 Å². The van der Waals surface area contributed by atoms with Crippen LogP contribution in [0.2, 0.25) is 0 Å². The maximum absolute atomic E-state index is 13.7. The standard InChI is InChI=1S/C27H29BrN2O5S/c1-15(31)36-14-23(21-7-4-16-10-18(28)5-8-20(16)21)26(32)30-25(27(33)35-3)11-17-13-29-24-9-6-19(34-2)12-22(17)24/h5-6,8-10,12-13,21,23,25,29H,4,7,11,14H2,1-3H3,(H,30,32). The first-order valence-corrected chi connectivity index (χ1v) is 13.5. The lowest BCUT2D eigenvalue weighted by Gasteiger charge is -2.26. The maximum atomic E-state index is 13.7. The number of halogens is 1. The summed E-state index contributed by atoms with van der Waals surface area (Å²) in [6.07, 6.45) is 3.77. The zero-order valence-electron chi connectivity index (χ0n) is 20.4. The summed E-state index contributed by atoms with van der Waals surface area (Å²) in [4.78, 5) is 41.4. The molecule has 3 atom stereocenters. The zero-order valence-corrected chi connectivity index (χ0v) is 22.8. The first kappa shape index (κ1) is 26.3. The lowest BCUT2D eigenvalue weighted by atomic mass is 9.87. The van der Waals surface area contributed by atoms with Crippen LogP contribution in [0.5, 0.6) is 5.75 Å². The van der Waals surface area contributed by atoms with E-state index in [4.69, 9.17) is 9.47 Å². The second-order valence-corrected chi connectivity index (χ2v) is 11.0. The Morgan fingerprint density at radius 1 is 1.19 bits per heavy atom. The van der Waals surface area contributed by atoms with Gasteiger partial charge >= 0.3 is 5.97 Å². The van der Waals surface area contributed by atoms with E-state index in [0.29, 0.717) is 11.5 Å². The largest absolute Gasteiger partial charge is 0.497 e. The molecule has 0 bridgehead atoms. The number of aromatic amines is 1. The Kier molecular flexibility index (Phi) is 8.41. The topological polar surface area (TPSA) is 97.5 Å². The second-order valence-electron chi connectivity index (χ2n) is 8.91. The number of carbonyl (C=O) groups excluding carboxylic acids is 3. The van der Waals surface area contributed by atoms with Crippen LogP contribution in [0.25, 0.3) is 10.9 Å². The number of hydrogen-bond acceptors (Lipinski definition) is 6. The van der Waals surface area contributed by atoms with Gasteiger partial charge in [-0.1, -0.05) is 33.8 Å². The van der Waals surface area contributed by atoms with E-state index < -0.39 is 17.9 Å². The van der Waals surface area contributed by atoms with Crippen molar-refractivity contribution in [3.8, 4) is 5.75 Å². The molecule has 3 aromatic rings. The molecular weight excluding hydrogens is 544 g/mol. The molecule has 0 fully saturated rings. The number of aryl methyl sites for hydroxylation is 1. The number of amides is 1. The number of aromatic nitrogens is 1. The van der Waals surface area contributed by atoms with Crippen molar-refractivity contribution in [2.75, 3.05) is 20.0 Å². The Balaban J connectivity index is 1.59. The van der Waals surface area contributed by atoms with Gasteiger partial charge in [0.15, 0.2) is 5.12 Å². The summed E-state index contributed by atoms with van der Waals surface area (Å²) in [5, 5.41) is 3.82. The molecule has 1 aliphatic carbocycles. The average Bonchev–Trinajstić information content (AvgIpc) is 3.46. The molecule has 0 aliphatic heterocycles. The molecule has 9 heteroatoms. The fourth-order valence-electron chi connectivity index (χ4n) is 4.91. The second kappa shape index (κ2) is 11.5. The minimum Gasteiger partial charge on any atom is -0.497 e. The van der Waals surface area contributed by atoms with Crippen molar-refractivity contribution < 1.29 is 23.9 Å². The van der Waals surface area contributed by atoms with Gasteiger partial charge in [-0.25, -0.2) is 4.79 Å². The smallest absolute Gasteiger partial charge is 0.328 e. The number of nitrogens with one attached hydrogen (secondary N) is 2. The summed E-state index contributed by atoms with van der Waals surface area (Å²) in [5.41, 5.74) is 4.11. The molecule has 36 heavy (non-hydrogen) atoms. The van der Waals surface area contributed by atoms with Crippen LogP contribution in [0.3, 0.4) is 0 Å². The van der Waals surface area contributed by atoms with E-state index in [-0.39, 0.29) is 23.4 Å². The van der Waals surface area contributed by atoms with E-state index in [1.807, 2.05) is 36.5 Å². The van der Waals surface area contributed by atoms with Crippen LogP contribution in [0, 0.1) is 5.92 Å². The summed E-state index contributed by atoms with van der Waals surface area (Å²) in [6, 6.07) is 10.9. The predicted molar refractivity (Wildman–Crippen MR) is 144 cm³/mol. The van der Waals surface area contributed by atoms with Crippen molar-refractivity contribution in [2.45, 2.75) is 38.1 Å². The SMILES string of the molecule is COC(=O)C(Cc1c[nH]c2ccc(OC)cc12)NC(=O)C(CSC(C)=O)C1CCc2cc(Br)ccc21. The van der Waals surface area contributed by atoms with Crippen molar-refractivity contribution in [1.29, 1.82) is 0 Å². The van der Waals surface area contributed by atoms with Crippen molar-refractivity contribution >= 4 is 55.6 Å². The third-order valence-corrected chi connectivity index (χ3v) is 8.14. The van der Waals surface area contributed by atoms with Gasteiger partial charge in [-0.15, -0.1) is 0 Å². The van der Waals surface area contributed by atoms with Crippen LogP contribution in [-0.2, 0) is 32.0 Å². The highest BCUT2D eigenvalue weighted by Gasteiger charge is 2.36. The van der Waals surface area contributed by atoms with Gasteiger partial charge in [0.1, 0.15) is 11.8 Å². The van der Waals surface area contributed by atoms with E-state index >= 15 is 0 Å². The molecule has 1 aromatic heterocycles. The van der Waals surface area contributed by atoms with E-state index in [0.717, 1.165) is 51.1 Å². The highest BCUT2D eigenvalue weighted by molar-refractivity contribution is 9.10. The van der Waals surface area contributed by atoms with Crippen LogP contribution in [0.15, 0.2) is 47.1 Å².